The fraction of sp³-hybridized carbons (Fsp3) is 0.511. The SMILES string of the molecule is CCC[C@H]1O[C@H](COCc2ccccc2)[C@H](OCc2ccccc2)[C@H](OCc2ccccc2)[C@H]1Nc1cncc(C(F)(F)COCCOCCOCCNC(=O)OC(C)(C)C)n1. The Kier molecular flexibility index (Phi) is 19.9. The smallest absolute Gasteiger partial charge is 0.407 e. The van der Waals surface area contributed by atoms with E-state index < -0.39 is 60.4 Å². The molecule has 5 rings (SSSR count). The number of alkyl halides is 2. The molecule has 0 radical (unpaired) electrons. The number of hydrogen-bond donors (Lipinski definition) is 2. The van der Waals surface area contributed by atoms with Crippen LogP contribution in [0.1, 0.15) is 62.9 Å². The maximum Gasteiger partial charge on any atom is 0.407 e. The molecule has 1 aliphatic rings. The number of ether oxygens (including phenoxy) is 8. The highest BCUT2D eigenvalue weighted by molar-refractivity contribution is 5.67. The van der Waals surface area contributed by atoms with Gasteiger partial charge in [0, 0.05) is 6.54 Å². The van der Waals surface area contributed by atoms with E-state index in [9.17, 15) is 4.79 Å². The summed E-state index contributed by atoms with van der Waals surface area (Å²) in [6.07, 6.45) is 1.17. The van der Waals surface area contributed by atoms with Crippen molar-refractivity contribution in [1.29, 1.82) is 0 Å². The molecule has 1 aromatic heterocycles. The zero-order chi connectivity index (χ0) is 44.0. The first-order chi connectivity index (χ1) is 30.0. The van der Waals surface area contributed by atoms with Crippen molar-refractivity contribution in [2.75, 3.05) is 58.1 Å². The Morgan fingerprint density at radius 2 is 1.27 bits per heavy atom. The van der Waals surface area contributed by atoms with Gasteiger partial charge in [-0.15, -0.1) is 0 Å². The van der Waals surface area contributed by atoms with E-state index in [-0.39, 0.29) is 65.2 Å². The Morgan fingerprint density at radius 1 is 0.710 bits per heavy atom. The second kappa shape index (κ2) is 25.5. The minimum Gasteiger partial charge on any atom is -0.444 e. The Labute approximate surface area is 364 Å². The largest absolute Gasteiger partial charge is 0.444 e. The molecule has 338 valence electrons. The van der Waals surface area contributed by atoms with Crippen LogP contribution in [0, 0.1) is 0 Å². The normalized spacial score (nSPS) is 19.2. The van der Waals surface area contributed by atoms with Crippen LogP contribution in [0.25, 0.3) is 0 Å². The first kappa shape index (κ1) is 48.4. The van der Waals surface area contributed by atoms with Gasteiger partial charge in [-0.3, -0.25) is 4.98 Å². The third kappa shape index (κ3) is 16.9. The van der Waals surface area contributed by atoms with E-state index in [1.165, 1.54) is 6.20 Å². The molecule has 0 spiro atoms. The summed E-state index contributed by atoms with van der Waals surface area (Å²) in [4.78, 5) is 20.2. The summed E-state index contributed by atoms with van der Waals surface area (Å²) in [7, 11) is 0. The molecular weight excluding hydrogens is 803 g/mol. The predicted molar refractivity (Wildman–Crippen MR) is 230 cm³/mol. The highest BCUT2D eigenvalue weighted by Gasteiger charge is 2.48. The van der Waals surface area contributed by atoms with Crippen LogP contribution in [-0.4, -0.2) is 105 Å². The summed E-state index contributed by atoms with van der Waals surface area (Å²) >= 11 is 0. The van der Waals surface area contributed by atoms with Gasteiger partial charge in [0.1, 0.15) is 42.0 Å². The molecule has 1 amide bonds. The minimum atomic E-state index is -3.45. The number of rotatable bonds is 26. The molecule has 4 aromatic rings. The van der Waals surface area contributed by atoms with Crippen molar-refractivity contribution in [3.05, 3.63) is 126 Å². The van der Waals surface area contributed by atoms with Crippen molar-refractivity contribution in [3.63, 3.8) is 0 Å². The lowest BCUT2D eigenvalue weighted by Crippen LogP contribution is -2.62. The average Bonchev–Trinajstić information content (AvgIpc) is 3.26. The maximum atomic E-state index is 15.6. The number of carbonyl (C=O) groups excluding carboxylic acids is 1. The van der Waals surface area contributed by atoms with E-state index in [1.54, 1.807) is 20.8 Å². The third-order valence-electron chi connectivity index (χ3n) is 9.60. The summed E-state index contributed by atoms with van der Waals surface area (Å²) in [5.41, 5.74) is 1.84. The molecule has 0 unspecified atom stereocenters. The van der Waals surface area contributed by atoms with E-state index in [0.717, 1.165) is 29.3 Å². The molecule has 15 heteroatoms. The third-order valence-corrected chi connectivity index (χ3v) is 9.60. The summed E-state index contributed by atoms with van der Waals surface area (Å²) in [6.45, 7) is 8.72. The molecule has 13 nitrogen and oxygen atoms in total. The quantitative estimate of drug-likeness (QED) is 0.0594. The zero-order valence-electron chi connectivity index (χ0n) is 36.2. The van der Waals surface area contributed by atoms with Gasteiger partial charge >= 0.3 is 12.0 Å². The highest BCUT2D eigenvalue weighted by Crippen LogP contribution is 2.33. The highest BCUT2D eigenvalue weighted by atomic mass is 19.3. The molecule has 3 aromatic carbocycles. The number of hydrogen-bond acceptors (Lipinski definition) is 12. The number of carbonyl (C=O) groups is 1. The van der Waals surface area contributed by atoms with Gasteiger partial charge in [0.2, 0.25) is 0 Å². The molecule has 1 fully saturated rings. The molecule has 1 aliphatic heterocycles. The van der Waals surface area contributed by atoms with Gasteiger partial charge in [-0.2, -0.15) is 8.78 Å². The average molecular weight is 865 g/mol. The van der Waals surface area contributed by atoms with Gasteiger partial charge in [-0.05, 0) is 43.9 Å². The Bertz CT molecular complexity index is 1840. The molecular formula is C47H62F2N4O9. The molecule has 5 atom stereocenters. The van der Waals surface area contributed by atoms with E-state index in [0.29, 0.717) is 13.0 Å². The molecule has 62 heavy (non-hydrogen) atoms. The number of nitrogens with one attached hydrogen (secondary N) is 2. The second-order valence-corrected chi connectivity index (χ2v) is 15.9. The number of anilines is 1. The predicted octanol–water partition coefficient (Wildman–Crippen LogP) is 7.88. The van der Waals surface area contributed by atoms with Crippen LogP contribution in [0.4, 0.5) is 19.4 Å². The van der Waals surface area contributed by atoms with Gasteiger partial charge < -0.3 is 48.5 Å². The molecule has 2 N–H and O–H groups in total. The molecule has 0 aliphatic carbocycles. The summed E-state index contributed by atoms with van der Waals surface area (Å²) < 4.78 is 79.1. The van der Waals surface area contributed by atoms with Gasteiger partial charge in [-0.1, -0.05) is 104 Å². The van der Waals surface area contributed by atoms with Crippen molar-refractivity contribution in [2.45, 2.75) is 102 Å². The molecule has 0 saturated carbocycles. The number of alkyl carbamates (subject to hydrolysis) is 1. The van der Waals surface area contributed by atoms with Crippen molar-refractivity contribution < 1.29 is 51.5 Å². The number of halogens is 2. The van der Waals surface area contributed by atoms with Crippen LogP contribution >= 0.6 is 0 Å². The van der Waals surface area contributed by atoms with Gasteiger partial charge in [0.15, 0.2) is 0 Å². The van der Waals surface area contributed by atoms with E-state index in [4.69, 9.17) is 37.9 Å². The zero-order valence-corrected chi connectivity index (χ0v) is 36.2. The van der Waals surface area contributed by atoms with Crippen molar-refractivity contribution in [1.82, 2.24) is 15.3 Å². The number of benzene rings is 3. The van der Waals surface area contributed by atoms with Crippen LogP contribution in [-0.2, 0) is 63.6 Å². The van der Waals surface area contributed by atoms with Crippen molar-refractivity contribution >= 4 is 11.9 Å². The Balaban J connectivity index is 1.22. The van der Waals surface area contributed by atoms with Gasteiger partial charge in [0.05, 0.1) is 84.0 Å². The van der Waals surface area contributed by atoms with Crippen LogP contribution in [0.3, 0.4) is 0 Å². The first-order valence-corrected chi connectivity index (χ1v) is 21.3. The lowest BCUT2D eigenvalue weighted by molar-refractivity contribution is -0.226. The number of nitrogens with zero attached hydrogens (tertiary/aromatic N) is 2. The maximum absolute atomic E-state index is 15.6. The Hall–Kier alpha value is -4.61. The van der Waals surface area contributed by atoms with Gasteiger partial charge in [-0.25, -0.2) is 9.78 Å². The second-order valence-electron chi connectivity index (χ2n) is 15.9. The molecule has 0 bridgehead atoms. The molecule has 1 saturated heterocycles. The van der Waals surface area contributed by atoms with Crippen LogP contribution in [0.5, 0.6) is 0 Å². The van der Waals surface area contributed by atoms with Crippen LogP contribution in [0.2, 0.25) is 0 Å². The number of aromatic nitrogens is 2. The summed E-state index contributed by atoms with van der Waals surface area (Å²) in [6, 6.07) is 29.0. The summed E-state index contributed by atoms with van der Waals surface area (Å²) in [5.74, 6) is -3.32. The van der Waals surface area contributed by atoms with Crippen LogP contribution in [0.15, 0.2) is 103 Å². The lowest BCUT2D eigenvalue weighted by Gasteiger charge is -2.47. The van der Waals surface area contributed by atoms with E-state index >= 15 is 8.78 Å². The van der Waals surface area contributed by atoms with Crippen LogP contribution < -0.4 is 10.6 Å². The van der Waals surface area contributed by atoms with Crippen molar-refractivity contribution in [2.24, 2.45) is 0 Å². The standard InChI is InChI=1S/C47H62F2N4O9/c1-5-15-38-42(53-41-29-50-28-40(52-41)47(48,49)34-57-27-26-56-25-24-55-23-22-51-45(54)62-46(2,3)4)44(60-32-37-20-13-8-14-21-37)43(59-31-36-18-11-7-12-19-36)39(61-38)33-58-30-35-16-9-6-10-17-35/h6-14,16-21,28-29,38-39,42-44H,5,15,22-27,30-34H2,1-4H3,(H,51,54)(H,52,53)/t38-,39-,42+,43+,44-/m1/s1. The van der Waals surface area contributed by atoms with Crippen molar-refractivity contribution in [3.8, 4) is 0 Å². The lowest BCUT2D eigenvalue weighted by atomic mass is 9.90. The Morgan fingerprint density at radius 3 is 1.87 bits per heavy atom. The summed E-state index contributed by atoms with van der Waals surface area (Å²) in [5, 5.41) is 5.99. The molecule has 2 heterocycles. The van der Waals surface area contributed by atoms with E-state index in [2.05, 4.69) is 27.5 Å². The van der Waals surface area contributed by atoms with E-state index in [1.807, 2.05) is 91.0 Å². The monoisotopic (exact) mass is 864 g/mol. The minimum absolute atomic E-state index is 0.0691. The van der Waals surface area contributed by atoms with Gasteiger partial charge in [0.25, 0.3) is 0 Å². The number of amides is 1. The first-order valence-electron chi connectivity index (χ1n) is 21.3. The fourth-order valence-electron chi connectivity index (χ4n) is 6.69. The fourth-order valence-corrected chi connectivity index (χ4v) is 6.69. The topological polar surface area (TPSA) is 141 Å².